The molecule has 0 atom stereocenters. The summed E-state index contributed by atoms with van der Waals surface area (Å²) in [5.41, 5.74) is 0.437. The fourth-order valence-corrected chi connectivity index (χ4v) is 2.15. The second-order valence-electron chi connectivity index (χ2n) is 5.09. The van der Waals surface area contributed by atoms with Crippen molar-refractivity contribution in [2.24, 2.45) is 0 Å². The predicted octanol–water partition coefficient (Wildman–Crippen LogP) is 3.43. The summed E-state index contributed by atoms with van der Waals surface area (Å²) in [6.45, 7) is 3.56. The molecule has 2 rings (SSSR count). The van der Waals surface area contributed by atoms with Gasteiger partial charge in [0.25, 0.3) is 0 Å². The molecule has 0 aliphatic carbocycles. The highest BCUT2D eigenvalue weighted by atomic mass is 16.5. The number of ether oxygens (including phenoxy) is 1. The zero-order valence-electron chi connectivity index (χ0n) is 12.2. The van der Waals surface area contributed by atoms with Crippen molar-refractivity contribution < 1.29 is 24.5 Å². The van der Waals surface area contributed by atoms with Crippen molar-refractivity contribution >= 4 is 11.9 Å². The first-order chi connectivity index (χ1) is 10.4. The summed E-state index contributed by atoms with van der Waals surface area (Å²) in [5, 5.41) is 19.2. The van der Waals surface area contributed by atoms with E-state index in [0.29, 0.717) is 11.1 Å². The van der Waals surface area contributed by atoms with Crippen LogP contribution < -0.4 is 4.74 Å². The van der Waals surface area contributed by atoms with E-state index in [1.165, 1.54) is 12.1 Å². The topological polar surface area (TPSA) is 83.8 Å². The van der Waals surface area contributed by atoms with Crippen molar-refractivity contribution in [1.29, 1.82) is 0 Å². The molecule has 0 aromatic heterocycles. The Labute approximate surface area is 127 Å². The van der Waals surface area contributed by atoms with Crippen LogP contribution in [0.15, 0.2) is 42.5 Å². The van der Waals surface area contributed by atoms with Crippen molar-refractivity contribution in [3.05, 3.63) is 59.2 Å². The molecular weight excluding hydrogens is 284 g/mol. The molecule has 2 aromatic rings. The molecule has 22 heavy (non-hydrogen) atoms. The fraction of sp³-hybridized carbons (Fsp3) is 0.176. The first-order valence-corrected chi connectivity index (χ1v) is 6.78. The van der Waals surface area contributed by atoms with Gasteiger partial charge in [-0.15, -0.1) is 0 Å². The number of carboxylic acids is 1. The van der Waals surface area contributed by atoms with Crippen LogP contribution in [0.1, 0.15) is 46.0 Å². The van der Waals surface area contributed by atoms with Crippen LogP contribution in [0.25, 0.3) is 0 Å². The maximum atomic E-state index is 12.2. The summed E-state index contributed by atoms with van der Waals surface area (Å²) in [6, 6.07) is 10.8. The van der Waals surface area contributed by atoms with E-state index in [-0.39, 0.29) is 23.0 Å². The summed E-state index contributed by atoms with van der Waals surface area (Å²) in [5.74, 6) is -2.32. The minimum Gasteiger partial charge on any atom is -0.508 e. The molecule has 0 fully saturated rings. The van der Waals surface area contributed by atoms with Crippen LogP contribution in [0.4, 0.5) is 0 Å². The predicted molar refractivity (Wildman–Crippen MR) is 80.6 cm³/mol. The van der Waals surface area contributed by atoms with Crippen LogP contribution in [-0.4, -0.2) is 22.2 Å². The van der Waals surface area contributed by atoms with Crippen molar-refractivity contribution in [3.63, 3.8) is 0 Å². The molecule has 0 saturated carbocycles. The Morgan fingerprint density at radius 3 is 2.23 bits per heavy atom. The van der Waals surface area contributed by atoms with Gasteiger partial charge >= 0.3 is 11.9 Å². The van der Waals surface area contributed by atoms with Crippen molar-refractivity contribution in [1.82, 2.24) is 0 Å². The van der Waals surface area contributed by atoms with Crippen molar-refractivity contribution in [3.8, 4) is 11.5 Å². The summed E-state index contributed by atoms with van der Waals surface area (Å²) in [7, 11) is 0. The van der Waals surface area contributed by atoms with E-state index in [9.17, 15) is 19.8 Å². The summed E-state index contributed by atoms with van der Waals surface area (Å²) >= 11 is 0. The lowest BCUT2D eigenvalue weighted by atomic mass is 9.97. The Morgan fingerprint density at radius 1 is 1.05 bits per heavy atom. The quantitative estimate of drug-likeness (QED) is 0.667. The molecule has 0 bridgehead atoms. The Balaban J connectivity index is 2.51. The maximum absolute atomic E-state index is 12.2. The highest BCUT2D eigenvalue weighted by molar-refractivity contribution is 5.96. The molecule has 0 aliphatic rings. The lowest BCUT2D eigenvalue weighted by molar-refractivity contribution is 0.0680. The Hall–Kier alpha value is -2.82. The number of esters is 1. The van der Waals surface area contributed by atoms with Gasteiger partial charge in [0.05, 0.1) is 5.56 Å². The minimum atomic E-state index is -1.22. The molecule has 2 aromatic carbocycles. The maximum Gasteiger partial charge on any atom is 0.343 e. The average Bonchev–Trinajstić information content (AvgIpc) is 2.47. The molecular formula is C17H16O5. The zero-order chi connectivity index (χ0) is 16.3. The van der Waals surface area contributed by atoms with Crippen LogP contribution in [0.2, 0.25) is 0 Å². The second kappa shape index (κ2) is 6.30. The molecule has 5 nitrogen and oxygen atoms in total. The Bertz CT molecular complexity index is 704. The van der Waals surface area contributed by atoms with Crippen LogP contribution in [0.3, 0.4) is 0 Å². The van der Waals surface area contributed by atoms with Crippen LogP contribution >= 0.6 is 0 Å². The summed E-state index contributed by atoms with van der Waals surface area (Å²) in [4.78, 5) is 23.5. The third-order valence-corrected chi connectivity index (χ3v) is 3.19. The number of hydrogen-bond donors (Lipinski definition) is 2. The number of benzene rings is 2. The van der Waals surface area contributed by atoms with Gasteiger partial charge in [-0.1, -0.05) is 32.0 Å². The van der Waals surface area contributed by atoms with Gasteiger partial charge in [-0.25, -0.2) is 9.59 Å². The molecule has 114 valence electrons. The molecule has 0 spiro atoms. The summed E-state index contributed by atoms with van der Waals surface area (Å²) in [6.07, 6.45) is 0. The van der Waals surface area contributed by atoms with Gasteiger partial charge in [0, 0.05) is 5.56 Å². The van der Waals surface area contributed by atoms with Gasteiger partial charge in [-0.2, -0.15) is 0 Å². The number of carbonyl (C=O) groups excluding carboxylic acids is 1. The van der Waals surface area contributed by atoms with Crippen LogP contribution in [-0.2, 0) is 0 Å². The van der Waals surface area contributed by atoms with Crippen LogP contribution in [0, 0.1) is 0 Å². The highest BCUT2D eigenvalue weighted by Gasteiger charge is 2.23. The standard InChI is InChI=1S/C17H16O5/c1-10(2)14-13(18)9-8-12(16(19)20)15(14)22-17(21)11-6-4-3-5-7-11/h3-10,18H,1-2H3,(H,19,20). The highest BCUT2D eigenvalue weighted by Crippen LogP contribution is 2.37. The van der Waals surface area contributed by atoms with Gasteiger partial charge in [0.2, 0.25) is 0 Å². The third kappa shape index (κ3) is 3.09. The minimum absolute atomic E-state index is 0.101. The largest absolute Gasteiger partial charge is 0.508 e. The Morgan fingerprint density at radius 2 is 1.68 bits per heavy atom. The smallest absolute Gasteiger partial charge is 0.343 e. The SMILES string of the molecule is CC(C)c1c(O)ccc(C(=O)O)c1OC(=O)c1ccccc1. The molecule has 0 unspecified atom stereocenters. The van der Waals surface area contributed by atoms with Gasteiger partial charge in [-0.05, 0) is 30.2 Å². The Kier molecular flexibility index (Phi) is 4.46. The van der Waals surface area contributed by atoms with E-state index < -0.39 is 11.9 Å². The lowest BCUT2D eigenvalue weighted by Gasteiger charge is -2.16. The van der Waals surface area contributed by atoms with Crippen LogP contribution in [0.5, 0.6) is 11.5 Å². The molecule has 0 saturated heterocycles. The van der Waals surface area contributed by atoms with E-state index in [4.69, 9.17) is 4.74 Å². The van der Waals surface area contributed by atoms with Crippen molar-refractivity contribution in [2.45, 2.75) is 19.8 Å². The zero-order valence-corrected chi connectivity index (χ0v) is 12.2. The number of phenolic OH excluding ortho intramolecular Hbond substituents is 1. The molecule has 0 radical (unpaired) electrons. The molecule has 2 N–H and O–H groups in total. The normalized spacial score (nSPS) is 10.5. The van der Waals surface area contributed by atoms with Gasteiger partial charge in [0.15, 0.2) is 5.75 Å². The monoisotopic (exact) mass is 300 g/mol. The summed E-state index contributed by atoms with van der Waals surface area (Å²) < 4.78 is 5.29. The first kappa shape index (κ1) is 15.6. The average molecular weight is 300 g/mol. The molecule has 5 heteroatoms. The molecule has 0 amide bonds. The van der Waals surface area contributed by atoms with Gasteiger partial charge in [0.1, 0.15) is 11.3 Å². The van der Waals surface area contributed by atoms with Crippen molar-refractivity contribution in [2.75, 3.05) is 0 Å². The number of rotatable bonds is 4. The fourth-order valence-electron chi connectivity index (χ4n) is 2.15. The molecule has 0 heterocycles. The number of aromatic carboxylic acids is 1. The van der Waals surface area contributed by atoms with E-state index in [1.807, 2.05) is 0 Å². The number of aromatic hydroxyl groups is 1. The van der Waals surface area contributed by atoms with Gasteiger partial charge < -0.3 is 14.9 Å². The number of carbonyl (C=O) groups is 2. The van der Waals surface area contributed by atoms with Gasteiger partial charge in [-0.3, -0.25) is 0 Å². The third-order valence-electron chi connectivity index (χ3n) is 3.19. The molecule has 0 aliphatic heterocycles. The number of carboxylic acid groups (broad SMARTS) is 1. The second-order valence-corrected chi connectivity index (χ2v) is 5.09. The van der Waals surface area contributed by atoms with E-state index in [0.717, 1.165) is 0 Å². The van der Waals surface area contributed by atoms with E-state index >= 15 is 0 Å². The van der Waals surface area contributed by atoms with E-state index in [1.54, 1.807) is 44.2 Å². The van der Waals surface area contributed by atoms with E-state index in [2.05, 4.69) is 0 Å². The number of phenols is 1. The lowest BCUT2D eigenvalue weighted by Crippen LogP contribution is -2.13. The number of hydrogen-bond acceptors (Lipinski definition) is 4. The first-order valence-electron chi connectivity index (χ1n) is 6.78.